The summed E-state index contributed by atoms with van der Waals surface area (Å²) in [7, 11) is 0. The molecular formula is C31H27F3O2. The average molecular weight is 489 g/mol. The van der Waals surface area contributed by atoms with E-state index in [0.29, 0.717) is 23.1 Å². The van der Waals surface area contributed by atoms with Crippen molar-refractivity contribution in [2.75, 3.05) is 0 Å². The van der Waals surface area contributed by atoms with Crippen molar-refractivity contribution in [2.24, 2.45) is 0 Å². The first-order valence-corrected chi connectivity index (χ1v) is 12.1. The van der Waals surface area contributed by atoms with Crippen molar-refractivity contribution >= 4 is 5.97 Å². The van der Waals surface area contributed by atoms with E-state index in [9.17, 15) is 18.0 Å². The molecule has 0 aliphatic carbocycles. The zero-order valence-electron chi connectivity index (χ0n) is 20.3. The summed E-state index contributed by atoms with van der Waals surface area (Å²) < 4.78 is 49.2. The molecule has 0 heterocycles. The monoisotopic (exact) mass is 488 g/mol. The van der Waals surface area contributed by atoms with Crippen LogP contribution in [0.15, 0.2) is 78.9 Å². The van der Waals surface area contributed by atoms with E-state index >= 15 is 0 Å². The maximum atomic E-state index is 14.8. The minimum Gasteiger partial charge on any atom is -0.423 e. The van der Waals surface area contributed by atoms with E-state index in [-0.39, 0.29) is 17.1 Å². The number of hydrogen-bond donors (Lipinski definition) is 0. The third-order valence-corrected chi connectivity index (χ3v) is 6.23. The summed E-state index contributed by atoms with van der Waals surface area (Å²) in [6, 6.07) is 21.3. The summed E-state index contributed by atoms with van der Waals surface area (Å²) in [5, 5.41) is 0. The Morgan fingerprint density at radius 2 is 1.42 bits per heavy atom. The third kappa shape index (κ3) is 5.51. The van der Waals surface area contributed by atoms with Gasteiger partial charge in [0, 0.05) is 5.56 Å². The van der Waals surface area contributed by atoms with Gasteiger partial charge in [-0.15, -0.1) is 0 Å². The summed E-state index contributed by atoms with van der Waals surface area (Å²) >= 11 is 0. The number of carbonyl (C=O) groups is 1. The summed E-state index contributed by atoms with van der Waals surface area (Å²) in [6.07, 6.45) is 3.45. The number of esters is 1. The predicted octanol–water partition coefficient (Wildman–Crippen LogP) is 8.56. The van der Waals surface area contributed by atoms with E-state index in [2.05, 4.69) is 6.92 Å². The lowest BCUT2D eigenvalue weighted by Gasteiger charge is -2.10. The van der Waals surface area contributed by atoms with Crippen molar-refractivity contribution in [2.45, 2.75) is 39.5 Å². The fraction of sp³-hybridized carbons (Fsp3) is 0.194. The number of hydrogen-bond acceptors (Lipinski definition) is 2. The molecule has 184 valence electrons. The van der Waals surface area contributed by atoms with Gasteiger partial charge in [0.2, 0.25) is 0 Å². The van der Waals surface area contributed by atoms with Crippen LogP contribution in [-0.4, -0.2) is 5.97 Å². The van der Waals surface area contributed by atoms with Gasteiger partial charge in [0.15, 0.2) is 11.6 Å². The second-order valence-electron chi connectivity index (χ2n) is 8.66. The molecule has 0 saturated heterocycles. The van der Waals surface area contributed by atoms with Gasteiger partial charge in [-0.1, -0.05) is 74.9 Å². The van der Waals surface area contributed by atoms with Gasteiger partial charge < -0.3 is 4.74 Å². The van der Waals surface area contributed by atoms with Crippen molar-refractivity contribution in [1.82, 2.24) is 0 Å². The zero-order chi connectivity index (χ0) is 25.7. The van der Waals surface area contributed by atoms with Crippen LogP contribution < -0.4 is 4.74 Å². The van der Waals surface area contributed by atoms with Crippen LogP contribution in [0.25, 0.3) is 22.3 Å². The molecule has 0 unspecified atom stereocenters. The summed E-state index contributed by atoms with van der Waals surface area (Å²) in [4.78, 5) is 12.6. The minimum absolute atomic E-state index is 0.0731. The molecule has 0 aliphatic heterocycles. The van der Waals surface area contributed by atoms with Gasteiger partial charge in [-0.25, -0.2) is 18.0 Å². The van der Waals surface area contributed by atoms with Gasteiger partial charge in [-0.05, 0) is 71.3 Å². The Bertz CT molecular complexity index is 1360. The van der Waals surface area contributed by atoms with Crippen LogP contribution in [0.5, 0.6) is 5.75 Å². The molecule has 0 radical (unpaired) electrons. The number of carbonyl (C=O) groups excluding carboxylic acids is 1. The Balaban J connectivity index is 1.48. The number of aryl methyl sites for hydroxylation is 2. The Kier molecular flexibility index (Phi) is 7.89. The number of halogens is 3. The largest absolute Gasteiger partial charge is 0.423 e. The normalized spacial score (nSPS) is 10.9. The highest BCUT2D eigenvalue weighted by Gasteiger charge is 2.21. The molecule has 0 bridgehead atoms. The van der Waals surface area contributed by atoms with Gasteiger partial charge in [0.25, 0.3) is 0 Å². The third-order valence-electron chi connectivity index (χ3n) is 6.23. The van der Waals surface area contributed by atoms with E-state index < -0.39 is 23.2 Å². The van der Waals surface area contributed by atoms with Crippen molar-refractivity contribution in [1.29, 1.82) is 0 Å². The maximum Gasteiger partial charge on any atom is 0.346 e. The highest BCUT2D eigenvalue weighted by Crippen LogP contribution is 2.29. The van der Waals surface area contributed by atoms with Crippen molar-refractivity contribution in [3.05, 3.63) is 113 Å². The zero-order valence-corrected chi connectivity index (χ0v) is 20.3. The van der Waals surface area contributed by atoms with E-state index in [0.717, 1.165) is 30.4 Å². The molecule has 0 atom stereocenters. The Morgan fingerprint density at radius 1 is 0.750 bits per heavy atom. The predicted molar refractivity (Wildman–Crippen MR) is 137 cm³/mol. The fourth-order valence-corrected chi connectivity index (χ4v) is 4.02. The Labute approximate surface area is 209 Å². The Hall–Kier alpha value is -3.86. The molecule has 0 saturated carbocycles. The minimum atomic E-state index is -1.26. The highest BCUT2D eigenvalue weighted by molar-refractivity contribution is 5.92. The van der Waals surface area contributed by atoms with E-state index in [1.54, 1.807) is 30.3 Å². The standard InChI is InChI=1S/C31H27F3O2/c1-3-5-6-23-11-12-24(19-28(23)32)21-13-15-25(16-14-21)36-31(35)27-18-17-26(29(33)30(27)34)22-9-7-20(4-2)8-10-22/h7-19H,3-6H2,1-2H3. The fourth-order valence-electron chi connectivity index (χ4n) is 4.02. The van der Waals surface area contributed by atoms with Gasteiger partial charge in [0.1, 0.15) is 11.6 Å². The van der Waals surface area contributed by atoms with Crippen LogP contribution in [0.3, 0.4) is 0 Å². The second kappa shape index (κ2) is 11.3. The molecule has 5 heteroatoms. The first-order chi connectivity index (χ1) is 17.4. The smallest absolute Gasteiger partial charge is 0.346 e. The summed E-state index contributed by atoms with van der Waals surface area (Å²) in [5.74, 6) is -3.44. The van der Waals surface area contributed by atoms with Crippen molar-refractivity contribution < 1.29 is 22.7 Å². The van der Waals surface area contributed by atoms with E-state index in [4.69, 9.17) is 4.74 Å². The second-order valence-corrected chi connectivity index (χ2v) is 8.66. The number of rotatable bonds is 8. The van der Waals surface area contributed by atoms with Crippen LogP contribution in [0.1, 0.15) is 48.2 Å². The quantitative estimate of drug-likeness (QED) is 0.183. The number of benzene rings is 4. The molecular weight excluding hydrogens is 461 g/mol. The van der Waals surface area contributed by atoms with Gasteiger partial charge in [0.05, 0.1) is 5.56 Å². The van der Waals surface area contributed by atoms with Crippen molar-refractivity contribution in [3.8, 4) is 28.0 Å². The Morgan fingerprint density at radius 3 is 2.06 bits per heavy atom. The lowest BCUT2D eigenvalue weighted by atomic mass is 10.0. The summed E-state index contributed by atoms with van der Waals surface area (Å²) in [6.45, 7) is 4.07. The molecule has 4 aromatic carbocycles. The number of ether oxygens (including phenoxy) is 1. The van der Waals surface area contributed by atoms with Crippen molar-refractivity contribution in [3.63, 3.8) is 0 Å². The molecule has 36 heavy (non-hydrogen) atoms. The lowest BCUT2D eigenvalue weighted by molar-refractivity contribution is 0.0728. The SMILES string of the molecule is CCCCc1ccc(-c2ccc(OC(=O)c3ccc(-c4ccc(CC)cc4)c(F)c3F)cc2)cc1F. The van der Waals surface area contributed by atoms with E-state index in [1.165, 1.54) is 30.3 Å². The molecule has 4 aromatic rings. The first-order valence-electron chi connectivity index (χ1n) is 12.1. The van der Waals surface area contributed by atoms with Crippen LogP contribution >= 0.6 is 0 Å². The molecule has 0 aliphatic rings. The van der Waals surface area contributed by atoms with Crippen LogP contribution in [0.2, 0.25) is 0 Å². The molecule has 0 aromatic heterocycles. The molecule has 4 rings (SSSR count). The van der Waals surface area contributed by atoms with E-state index in [1.807, 2.05) is 25.1 Å². The first kappa shape index (κ1) is 25.2. The molecule has 0 spiro atoms. The highest BCUT2D eigenvalue weighted by atomic mass is 19.2. The number of unbranched alkanes of at least 4 members (excludes halogenated alkanes) is 1. The topological polar surface area (TPSA) is 26.3 Å². The molecule has 2 nitrogen and oxygen atoms in total. The average Bonchev–Trinajstić information content (AvgIpc) is 2.90. The molecule has 0 N–H and O–H groups in total. The summed E-state index contributed by atoms with van der Waals surface area (Å²) in [5.41, 5.74) is 3.31. The maximum absolute atomic E-state index is 14.8. The molecule has 0 amide bonds. The van der Waals surface area contributed by atoms with Gasteiger partial charge in [-0.3, -0.25) is 0 Å². The van der Waals surface area contributed by atoms with Crippen LogP contribution in [-0.2, 0) is 12.8 Å². The van der Waals surface area contributed by atoms with Gasteiger partial charge >= 0.3 is 5.97 Å². The lowest BCUT2D eigenvalue weighted by Crippen LogP contribution is -2.12. The van der Waals surface area contributed by atoms with Crippen LogP contribution in [0, 0.1) is 17.5 Å². The molecule has 0 fully saturated rings. The van der Waals surface area contributed by atoms with Crippen LogP contribution in [0.4, 0.5) is 13.2 Å². The van der Waals surface area contributed by atoms with Gasteiger partial charge in [-0.2, -0.15) is 0 Å².